The van der Waals surface area contributed by atoms with E-state index in [0.29, 0.717) is 0 Å². The van der Waals surface area contributed by atoms with Crippen molar-refractivity contribution in [2.75, 3.05) is 55.5 Å². The standard InChI is InChI=1S/C7H8O.3C6H15P.Rh/c1-6-2-4-7(8)5-3-6;3*1-4-7(5-2)6-3;/h2-5,8H,1H3;3*4-6H2,1-3H3;/p+2. The molecule has 1 radical (unpaired) electrons. The molecule has 1 aromatic rings. The predicted octanol–water partition coefficient (Wildman–Crippen LogP) is 7.85. The van der Waals surface area contributed by atoms with Gasteiger partial charge in [0.1, 0.15) is 0 Å². The van der Waals surface area contributed by atoms with E-state index in [4.69, 9.17) is 0 Å². The van der Waals surface area contributed by atoms with E-state index in [1.54, 1.807) is 12.1 Å². The van der Waals surface area contributed by atoms with Crippen molar-refractivity contribution in [1.29, 1.82) is 0 Å². The summed E-state index contributed by atoms with van der Waals surface area (Å²) in [6.07, 6.45) is 13.1. The van der Waals surface area contributed by atoms with Gasteiger partial charge in [0.15, 0.2) is 0 Å². The minimum Gasteiger partial charge on any atom is -0.872 e. The molecule has 30 heavy (non-hydrogen) atoms. The third-order valence-electron chi connectivity index (χ3n) is 5.52. The molecule has 0 spiro atoms. The molecule has 0 amide bonds. The topological polar surface area (TPSA) is 23.1 Å². The molecule has 0 atom stereocenters. The predicted molar refractivity (Wildman–Crippen MR) is 150 cm³/mol. The first-order valence-corrected chi connectivity index (χ1v) is 18.4. The van der Waals surface area contributed by atoms with Crippen molar-refractivity contribution < 1.29 is 24.6 Å². The van der Waals surface area contributed by atoms with Gasteiger partial charge in [-0.25, -0.2) is 0 Å². The van der Waals surface area contributed by atoms with Crippen LogP contribution >= 0.6 is 23.8 Å². The van der Waals surface area contributed by atoms with Crippen molar-refractivity contribution in [1.82, 2.24) is 0 Å². The molecule has 0 bridgehead atoms. The van der Waals surface area contributed by atoms with Crippen LogP contribution in [-0.2, 0) is 19.5 Å². The summed E-state index contributed by atoms with van der Waals surface area (Å²) in [5.74, 6) is 0.0793. The van der Waals surface area contributed by atoms with Gasteiger partial charge in [-0.3, -0.25) is 0 Å². The summed E-state index contributed by atoms with van der Waals surface area (Å²) in [5, 5.41) is 10.4. The van der Waals surface area contributed by atoms with Gasteiger partial charge < -0.3 is 5.11 Å². The molecule has 0 saturated carbocycles. The molecular formula is C25H55OP3Rh+2. The summed E-state index contributed by atoms with van der Waals surface area (Å²) >= 11 is 0. The molecule has 1 aromatic carbocycles. The van der Waals surface area contributed by atoms with E-state index in [-0.39, 0.29) is 49.0 Å². The third kappa shape index (κ3) is 27.0. The molecule has 1 rings (SSSR count). The largest absolute Gasteiger partial charge is 0.872 e. The smallest absolute Gasteiger partial charge is 0.0543 e. The minimum atomic E-state index is 0. The summed E-state index contributed by atoms with van der Waals surface area (Å²) in [4.78, 5) is 0. The molecule has 0 saturated heterocycles. The van der Waals surface area contributed by atoms with E-state index in [1.165, 1.54) is 55.5 Å². The van der Waals surface area contributed by atoms with Gasteiger partial charge in [0.05, 0.1) is 55.5 Å². The Hall–Kier alpha value is 0.933. The van der Waals surface area contributed by atoms with Gasteiger partial charge in [-0.15, -0.1) is 5.75 Å². The fourth-order valence-electron chi connectivity index (χ4n) is 2.79. The van der Waals surface area contributed by atoms with E-state index < -0.39 is 0 Å². The van der Waals surface area contributed by atoms with Crippen molar-refractivity contribution in [2.24, 2.45) is 0 Å². The number of hydrogen-bond donors (Lipinski definition) is 0. The summed E-state index contributed by atoms with van der Waals surface area (Å²) in [6, 6.07) is 6.75. The van der Waals surface area contributed by atoms with Crippen LogP contribution in [0.25, 0.3) is 0 Å². The van der Waals surface area contributed by atoms with Crippen LogP contribution in [0.2, 0.25) is 0 Å². The summed E-state index contributed by atoms with van der Waals surface area (Å²) in [5.41, 5.74) is 1.13. The van der Waals surface area contributed by atoms with Crippen molar-refractivity contribution in [2.45, 2.75) is 69.2 Å². The zero-order valence-corrected chi connectivity index (χ0v) is 26.6. The molecule has 0 heterocycles. The average molecular weight is 568 g/mol. The first kappa shape index (κ1) is 38.2. The van der Waals surface area contributed by atoms with Crippen molar-refractivity contribution >= 4 is 23.8 Å². The number of benzene rings is 1. The van der Waals surface area contributed by atoms with E-state index >= 15 is 0 Å². The molecule has 0 aliphatic heterocycles. The van der Waals surface area contributed by atoms with E-state index in [0.717, 1.165) is 5.56 Å². The molecular weight excluding hydrogens is 512 g/mol. The van der Waals surface area contributed by atoms with Gasteiger partial charge >= 0.3 is 0 Å². The minimum absolute atomic E-state index is 0. The van der Waals surface area contributed by atoms with Crippen LogP contribution in [0.1, 0.15) is 67.9 Å². The van der Waals surface area contributed by atoms with Crippen LogP contribution in [0, 0.1) is 6.92 Å². The number of rotatable bonds is 9. The van der Waals surface area contributed by atoms with Crippen LogP contribution in [0.4, 0.5) is 0 Å². The average Bonchev–Trinajstić information content (AvgIpc) is 2.75. The summed E-state index contributed by atoms with van der Waals surface area (Å²) < 4.78 is 0. The maximum Gasteiger partial charge on any atom is 0.0543 e. The van der Waals surface area contributed by atoms with Crippen molar-refractivity contribution in [3.05, 3.63) is 29.8 Å². The SMILES string of the molecule is CC[PH+](CC)CC.CC[PH+](CC)CC.CC[PH+](CC)CC.Cc1ccc([O-])cc1.[Rh]. The third-order valence-corrected chi connectivity index (χ3v) is 14.5. The Kier molecular flexibility index (Phi) is 38.1. The van der Waals surface area contributed by atoms with E-state index in [1.807, 2.05) is 19.1 Å². The second-order valence-corrected chi connectivity index (χ2v) is 18.1. The monoisotopic (exact) mass is 567 g/mol. The van der Waals surface area contributed by atoms with Crippen molar-refractivity contribution in [3.8, 4) is 5.75 Å². The summed E-state index contributed by atoms with van der Waals surface area (Å²) in [6.45, 7) is 22.7. The van der Waals surface area contributed by atoms with Crippen LogP contribution in [0.15, 0.2) is 24.3 Å². The molecule has 5 heteroatoms. The Morgan fingerprint density at radius 1 is 0.500 bits per heavy atom. The Morgan fingerprint density at radius 2 is 0.700 bits per heavy atom. The zero-order valence-electron chi connectivity index (χ0n) is 21.9. The summed E-state index contributed by atoms with van der Waals surface area (Å²) in [7, 11) is 0.412. The Labute approximate surface area is 208 Å². The quantitative estimate of drug-likeness (QED) is 0.220. The van der Waals surface area contributed by atoms with Gasteiger partial charge in [0, 0.05) is 19.5 Å². The molecule has 0 aliphatic rings. The van der Waals surface area contributed by atoms with E-state index in [9.17, 15) is 5.11 Å². The van der Waals surface area contributed by atoms with E-state index in [2.05, 4.69) is 62.3 Å². The second kappa shape index (κ2) is 29.9. The van der Waals surface area contributed by atoms with Crippen LogP contribution < -0.4 is 5.11 Å². The molecule has 0 fully saturated rings. The van der Waals surface area contributed by atoms with Gasteiger partial charge in [-0.1, -0.05) is 29.8 Å². The zero-order chi connectivity index (χ0) is 23.1. The Morgan fingerprint density at radius 3 is 0.800 bits per heavy atom. The second-order valence-electron chi connectivity index (χ2n) is 7.25. The first-order chi connectivity index (χ1) is 13.8. The molecule has 0 N–H and O–H groups in total. The Balaban J connectivity index is -0.000000149. The fourth-order valence-corrected chi connectivity index (χ4v) is 7.29. The molecule has 0 unspecified atom stereocenters. The van der Waals surface area contributed by atoms with Crippen LogP contribution in [0.5, 0.6) is 5.75 Å². The normalized spacial score (nSPS) is 9.63. The fraction of sp³-hybridized carbons (Fsp3) is 0.760. The first-order valence-electron chi connectivity index (χ1n) is 12.1. The van der Waals surface area contributed by atoms with Crippen LogP contribution in [-0.4, -0.2) is 55.5 Å². The molecule has 183 valence electrons. The Bertz CT molecular complexity index is 337. The number of hydrogen-bond acceptors (Lipinski definition) is 1. The van der Waals surface area contributed by atoms with Gasteiger partial charge in [0.2, 0.25) is 0 Å². The molecule has 0 aliphatic carbocycles. The molecule has 1 nitrogen and oxygen atoms in total. The maximum absolute atomic E-state index is 10.4. The van der Waals surface area contributed by atoms with Gasteiger partial charge in [-0.05, 0) is 93.0 Å². The number of aryl methyl sites for hydroxylation is 1. The van der Waals surface area contributed by atoms with Gasteiger partial charge in [-0.2, -0.15) is 0 Å². The maximum atomic E-state index is 10.4. The van der Waals surface area contributed by atoms with Crippen molar-refractivity contribution in [3.63, 3.8) is 0 Å². The van der Waals surface area contributed by atoms with Gasteiger partial charge in [0.25, 0.3) is 0 Å². The molecule has 0 aromatic heterocycles. The van der Waals surface area contributed by atoms with Crippen LogP contribution in [0.3, 0.4) is 0 Å².